The SMILES string of the molecule is CC(=O)Nc1cccc(NC(=O)COC(=O)c2oc3c(ccc4ccccc43)c2C)c1. The molecule has 0 saturated heterocycles. The summed E-state index contributed by atoms with van der Waals surface area (Å²) in [6.07, 6.45) is 0. The van der Waals surface area contributed by atoms with Crippen molar-refractivity contribution in [2.75, 3.05) is 17.2 Å². The molecular weight excluding hydrogens is 396 g/mol. The van der Waals surface area contributed by atoms with Gasteiger partial charge in [-0.2, -0.15) is 0 Å². The number of fused-ring (bicyclic) bond motifs is 3. The van der Waals surface area contributed by atoms with Crippen LogP contribution >= 0.6 is 0 Å². The van der Waals surface area contributed by atoms with Crippen LogP contribution in [0.1, 0.15) is 23.0 Å². The third kappa shape index (κ3) is 4.25. The number of esters is 1. The van der Waals surface area contributed by atoms with Crippen molar-refractivity contribution in [3.05, 3.63) is 72.0 Å². The fraction of sp³-hybridized carbons (Fsp3) is 0.125. The van der Waals surface area contributed by atoms with E-state index in [0.717, 1.165) is 16.2 Å². The molecule has 0 aliphatic carbocycles. The van der Waals surface area contributed by atoms with Crippen molar-refractivity contribution < 1.29 is 23.5 Å². The lowest BCUT2D eigenvalue weighted by Crippen LogP contribution is -2.21. The van der Waals surface area contributed by atoms with Gasteiger partial charge in [-0.25, -0.2) is 4.79 Å². The molecular formula is C24H20N2O5. The molecule has 7 heteroatoms. The lowest BCUT2D eigenvalue weighted by molar-refractivity contribution is -0.119. The Kier molecular flexibility index (Phi) is 5.41. The van der Waals surface area contributed by atoms with Crippen molar-refractivity contribution >= 4 is 50.9 Å². The molecule has 2 N–H and O–H groups in total. The van der Waals surface area contributed by atoms with Gasteiger partial charge in [0.1, 0.15) is 5.58 Å². The van der Waals surface area contributed by atoms with Gasteiger partial charge in [0.15, 0.2) is 6.61 Å². The zero-order valence-electron chi connectivity index (χ0n) is 17.0. The van der Waals surface area contributed by atoms with Gasteiger partial charge < -0.3 is 19.8 Å². The van der Waals surface area contributed by atoms with E-state index in [1.54, 1.807) is 31.2 Å². The first-order valence-corrected chi connectivity index (χ1v) is 9.68. The first-order valence-electron chi connectivity index (χ1n) is 9.68. The molecule has 0 fully saturated rings. The number of ether oxygens (including phenoxy) is 1. The fourth-order valence-electron chi connectivity index (χ4n) is 3.42. The molecule has 1 aromatic heterocycles. The third-order valence-corrected chi connectivity index (χ3v) is 4.81. The van der Waals surface area contributed by atoms with Crippen LogP contribution in [0.25, 0.3) is 21.7 Å². The van der Waals surface area contributed by atoms with Gasteiger partial charge in [0.05, 0.1) is 0 Å². The van der Waals surface area contributed by atoms with E-state index < -0.39 is 18.5 Å². The second-order valence-corrected chi connectivity index (χ2v) is 7.11. The minimum absolute atomic E-state index is 0.0757. The quantitative estimate of drug-likeness (QED) is 0.462. The van der Waals surface area contributed by atoms with Crippen LogP contribution in [0.2, 0.25) is 0 Å². The number of aryl methyl sites for hydroxylation is 1. The summed E-state index contributed by atoms with van der Waals surface area (Å²) in [4.78, 5) is 35.9. The molecule has 7 nitrogen and oxygen atoms in total. The Morgan fingerprint density at radius 2 is 1.65 bits per heavy atom. The molecule has 1 heterocycles. The number of carbonyl (C=O) groups is 3. The summed E-state index contributed by atoms with van der Waals surface area (Å²) in [5.74, 6) is -1.36. The first-order chi connectivity index (χ1) is 14.9. The number of amides is 2. The van der Waals surface area contributed by atoms with Crippen molar-refractivity contribution in [2.45, 2.75) is 13.8 Å². The van der Waals surface area contributed by atoms with E-state index in [2.05, 4.69) is 10.6 Å². The molecule has 31 heavy (non-hydrogen) atoms. The van der Waals surface area contributed by atoms with Gasteiger partial charge >= 0.3 is 5.97 Å². The van der Waals surface area contributed by atoms with Crippen LogP contribution in [-0.2, 0) is 14.3 Å². The monoisotopic (exact) mass is 416 g/mol. The highest BCUT2D eigenvalue weighted by Gasteiger charge is 2.21. The number of carbonyl (C=O) groups excluding carboxylic acids is 3. The Morgan fingerprint density at radius 3 is 2.42 bits per heavy atom. The molecule has 0 radical (unpaired) electrons. The summed E-state index contributed by atoms with van der Waals surface area (Å²) in [5, 5.41) is 7.99. The molecule has 4 rings (SSSR count). The minimum atomic E-state index is -0.708. The van der Waals surface area contributed by atoms with Crippen LogP contribution in [-0.4, -0.2) is 24.4 Å². The molecule has 0 unspecified atom stereocenters. The molecule has 4 aromatic rings. The van der Waals surface area contributed by atoms with Crippen LogP contribution in [0.15, 0.2) is 65.1 Å². The van der Waals surface area contributed by atoms with Gasteiger partial charge in [-0.3, -0.25) is 9.59 Å². The Hall–Kier alpha value is -4.13. The summed E-state index contributed by atoms with van der Waals surface area (Å²) >= 11 is 0. The second kappa shape index (κ2) is 8.31. The van der Waals surface area contributed by atoms with E-state index in [4.69, 9.17) is 9.15 Å². The zero-order valence-corrected chi connectivity index (χ0v) is 17.0. The summed E-state index contributed by atoms with van der Waals surface area (Å²) in [6.45, 7) is 2.71. The highest BCUT2D eigenvalue weighted by Crippen LogP contribution is 2.32. The van der Waals surface area contributed by atoms with Gasteiger partial charge in [-0.1, -0.05) is 42.5 Å². The summed E-state index contributed by atoms with van der Waals surface area (Å²) < 4.78 is 11.0. The first kappa shape index (κ1) is 20.2. The van der Waals surface area contributed by atoms with Gasteiger partial charge in [0.25, 0.3) is 5.91 Å². The molecule has 2 amide bonds. The second-order valence-electron chi connectivity index (χ2n) is 7.11. The topological polar surface area (TPSA) is 97.6 Å². The summed E-state index contributed by atoms with van der Waals surface area (Å²) in [5.41, 5.74) is 2.29. The third-order valence-electron chi connectivity index (χ3n) is 4.81. The molecule has 0 atom stereocenters. The maximum Gasteiger partial charge on any atom is 0.375 e. The molecule has 3 aromatic carbocycles. The van der Waals surface area contributed by atoms with Gasteiger partial charge in [-0.05, 0) is 30.5 Å². The zero-order chi connectivity index (χ0) is 22.0. The Labute approximate surface area is 178 Å². The normalized spacial score (nSPS) is 10.8. The number of nitrogens with one attached hydrogen (secondary N) is 2. The van der Waals surface area contributed by atoms with Gasteiger partial charge in [0.2, 0.25) is 11.7 Å². The van der Waals surface area contributed by atoms with Crippen LogP contribution < -0.4 is 10.6 Å². The van der Waals surface area contributed by atoms with Crippen LogP contribution in [0.5, 0.6) is 0 Å². The van der Waals surface area contributed by atoms with E-state index >= 15 is 0 Å². The fourth-order valence-corrected chi connectivity index (χ4v) is 3.42. The Bertz CT molecular complexity index is 1320. The number of hydrogen-bond donors (Lipinski definition) is 2. The minimum Gasteiger partial charge on any atom is -0.450 e. The van der Waals surface area contributed by atoms with Crippen LogP contribution in [0, 0.1) is 6.92 Å². The van der Waals surface area contributed by atoms with Gasteiger partial charge in [0, 0.05) is 34.6 Å². The van der Waals surface area contributed by atoms with Crippen molar-refractivity contribution in [1.29, 1.82) is 0 Å². The maximum atomic E-state index is 12.6. The molecule has 0 aliphatic heterocycles. The average Bonchev–Trinajstić information content (AvgIpc) is 3.09. The number of anilines is 2. The number of benzene rings is 3. The number of rotatable bonds is 5. The predicted octanol–water partition coefficient (Wildman–Crippen LogP) is 4.65. The van der Waals surface area contributed by atoms with Crippen LogP contribution in [0.4, 0.5) is 11.4 Å². The number of furan rings is 1. The van der Waals surface area contributed by atoms with E-state index in [1.807, 2.05) is 36.4 Å². The van der Waals surface area contributed by atoms with E-state index in [9.17, 15) is 14.4 Å². The maximum absolute atomic E-state index is 12.6. The van der Waals surface area contributed by atoms with E-state index in [1.165, 1.54) is 6.92 Å². The van der Waals surface area contributed by atoms with Crippen molar-refractivity contribution in [2.24, 2.45) is 0 Å². The lowest BCUT2D eigenvalue weighted by atomic mass is 10.1. The highest BCUT2D eigenvalue weighted by atomic mass is 16.5. The Morgan fingerprint density at radius 1 is 0.903 bits per heavy atom. The van der Waals surface area contributed by atoms with E-state index in [-0.39, 0.29) is 11.7 Å². The Balaban J connectivity index is 1.46. The van der Waals surface area contributed by atoms with Crippen LogP contribution in [0.3, 0.4) is 0 Å². The van der Waals surface area contributed by atoms with Crippen molar-refractivity contribution in [3.63, 3.8) is 0 Å². The summed E-state index contributed by atoms with van der Waals surface area (Å²) in [7, 11) is 0. The standard InChI is InChI=1S/C24H20N2O5/c1-14-19-11-10-16-6-3-4-9-20(16)23(19)31-22(14)24(29)30-13-21(28)26-18-8-5-7-17(12-18)25-15(2)27/h3-12H,13H2,1-2H3,(H,25,27)(H,26,28). The van der Waals surface area contributed by atoms with Crippen molar-refractivity contribution in [1.82, 2.24) is 0 Å². The van der Waals surface area contributed by atoms with Gasteiger partial charge in [-0.15, -0.1) is 0 Å². The average molecular weight is 416 g/mol. The smallest absolute Gasteiger partial charge is 0.375 e. The molecule has 156 valence electrons. The predicted molar refractivity (Wildman–Crippen MR) is 118 cm³/mol. The number of hydrogen-bond acceptors (Lipinski definition) is 5. The molecule has 0 bridgehead atoms. The molecule has 0 aliphatic rings. The van der Waals surface area contributed by atoms with Crippen molar-refractivity contribution in [3.8, 4) is 0 Å². The highest BCUT2D eigenvalue weighted by molar-refractivity contribution is 6.08. The molecule has 0 saturated carbocycles. The summed E-state index contributed by atoms with van der Waals surface area (Å²) in [6, 6.07) is 18.3. The largest absolute Gasteiger partial charge is 0.450 e. The van der Waals surface area contributed by atoms with E-state index in [0.29, 0.717) is 22.5 Å². The lowest BCUT2D eigenvalue weighted by Gasteiger charge is -2.08. The molecule has 0 spiro atoms.